The minimum Gasteiger partial charge on any atom is -0.368 e. The lowest BCUT2D eigenvalue weighted by atomic mass is 10.1. The lowest BCUT2D eigenvalue weighted by molar-refractivity contribution is -0.219. The van der Waals surface area contributed by atoms with E-state index in [1.54, 1.807) is 30.3 Å². The molecule has 1 unspecified atom stereocenters. The summed E-state index contributed by atoms with van der Waals surface area (Å²) in [6, 6.07) is 10.3. The van der Waals surface area contributed by atoms with Crippen LogP contribution >= 0.6 is 0 Å². The number of alkyl halides is 3. The number of halogens is 3. The first kappa shape index (κ1) is 14.5. The average molecular weight is 257 g/mol. The van der Waals surface area contributed by atoms with Gasteiger partial charge in [-0.1, -0.05) is 30.3 Å². The third kappa shape index (κ3) is 5.19. The van der Waals surface area contributed by atoms with Crippen LogP contribution in [-0.2, 0) is 11.2 Å². The molecule has 0 radical (unpaired) electrons. The Morgan fingerprint density at radius 2 is 1.89 bits per heavy atom. The Labute approximate surface area is 104 Å². The van der Waals surface area contributed by atoms with E-state index in [1.165, 1.54) is 0 Å². The van der Waals surface area contributed by atoms with E-state index >= 15 is 0 Å². The zero-order valence-electron chi connectivity index (χ0n) is 9.78. The number of unbranched alkanes of at least 4 members (excludes halogenated alkanes) is 1. The number of hydrogen-bond acceptors (Lipinski definition) is 2. The van der Waals surface area contributed by atoms with Crippen LogP contribution in [0.4, 0.5) is 13.2 Å². The van der Waals surface area contributed by atoms with Crippen LogP contribution in [0.3, 0.4) is 0 Å². The van der Waals surface area contributed by atoms with Gasteiger partial charge in [0.25, 0.3) is 0 Å². The second kappa shape index (κ2) is 7.02. The molecule has 0 aromatic heterocycles. The highest BCUT2D eigenvalue weighted by Gasteiger charge is 2.40. The zero-order chi connectivity index (χ0) is 13.4. The van der Waals surface area contributed by atoms with Crippen molar-refractivity contribution in [2.24, 2.45) is 0 Å². The summed E-state index contributed by atoms with van der Waals surface area (Å²) in [6.07, 6.45) is -5.87. The SMILES string of the molecule is N#CCCCOC(Cc1ccccc1)C(F)(F)F. The number of ether oxygens (including phenoxy) is 1. The van der Waals surface area contributed by atoms with Gasteiger partial charge in [0.2, 0.25) is 0 Å². The lowest BCUT2D eigenvalue weighted by Gasteiger charge is -2.20. The molecule has 1 rings (SSSR count). The molecule has 98 valence electrons. The van der Waals surface area contributed by atoms with Gasteiger partial charge >= 0.3 is 6.18 Å². The average Bonchev–Trinajstić information content (AvgIpc) is 2.33. The smallest absolute Gasteiger partial charge is 0.368 e. The maximum atomic E-state index is 12.7. The molecule has 0 saturated carbocycles. The molecule has 0 heterocycles. The van der Waals surface area contributed by atoms with E-state index in [9.17, 15) is 13.2 Å². The topological polar surface area (TPSA) is 33.0 Å². The molecule has 0 N–H and O–H groups in total. The van der Waals surface area contributed by atoms with Gasteiger partial charge < -0.3 is 4.74 Å². The first-order valence-corrected chi connectivity index (χ1v) is 5.63. The van der Waals surface area contributed by atoms with Crippen LogP contribution in [-0.4, -0.2) is 18.9 Å². The summed E-state index contributed by atoms with van der Waals surface area (Å²) in [6.45, 7) is -0.0510. The minimum atomic E-state index is -4.39. The molecule has 0 saturated heterocycles. The Morgan fingerprint density at radius 1 is 1.22 bits per heavy atom. The van der Waals surface area contributed by atoms with Crippen LogP contribution in [0.15, 0.2) is 30.3 Å². The minimum absolute atomic E-state index is 0.0510. The summed E-state index contributed by atoms with van der Waals surface area (Å²) in [4.78, 5) is 0. The van der Waals surface area contributed by atoms with Gasteiger partial charge in [-0.15, -0.1) is 0 Å². The third-order valence-corrected chi connectivity index (χ3v) is 2.38. The molecule has 18 heavy (non-hydrogen) atoms. The van der Waals surface area contributed by atoms with E-state index in [0.717, 1.165) is 0 Å². The van der Waals surface area contributed by atoms with Crippen molar-refractivity contribution in [1.29, 1.82) is 5.26 Å². The van der Waals surface area contributed by atoms with Crippen molar-refractivity contribution >= 4 is 0 Å². The Kier molecular flexibility index (Phi) is 5.66. The highest BCUT2D eigenvalue weighted by Crippen LogP contribution is 2.26. The third-order valence-electron chi connectivity index (χ3n) is 2.38. The summed E-state index contributed by atoms with van der Waals surface area (Å²) in [5, 5.41) is 8.30. The van der Waals surface area contributed by atoms with E-state index in [-0.39, 0.29) is 19.4 Å². The number of rotatable bonds is 6. The fourth-order valence-electron chi connectivity index (χ4n) is 1.47. The Morgan fingerprint density at radius 3 is 2.44 bits per heavy atom. The maximum Gasteiger partial charge on any atom is 0.414 e. The highest BCUT2D eigenvalue weighted by atomic mass is 19.4. The molecule has 2 nitrogen and oxygen atoms in total. The Balaban J connectivity index is 2.54. The second-order valence-electron chi connectivity index (χ2n) is 3.85. The molecule has 0 aliphatic rings. The summed E-state index contributed by atoms with van der Waals surface area (Å²) < 4.78 is 43.0. The molecule has 1 aromatic carbocycles. The van der Waals surface area contributed by atoms with E-state index in [2.05, 4.69) is 0 Å². The van der Waals surface area contributed by atoms with Gasteiger partial charge in [-0.3, -0.25) is 0 Å². The van der Waals surface area contributed by atoms with E-state index in [0.29, 0.717) is 12.0 Å². The molecule has 0 spiro atoms. The first-order valence-electron chi connectivity index (χ1n) is 5.63. The van der Waals surface area contributed by atoms with Gasteiger partial charge in [0.05, 0.1) is 6.07 Å². The fourth-order valence-corrected chi connectivity index (χ4v) is 1.47. The normalized spacial score (nSPS) is 13.0. The largest absolute Gasteiger partial charge is 0.414 e. The summed E-state index contributed by atoms with van der Waals surface area (Å²) >= 11 is 0. The van der Waals surface area contributed by atoms with E-state index in [1.807, 2.05) is 6.07 Å². The van der Waals surface area contributed by atoms with E-state index in [4.69, 9.17) is 10.00 Å². The monoisotopic (exact) mass is 257 g/mol. The molecular weight excluding hydrogens is 243 g/mol. The van der Waals surface area contributed by atoms with Gasteiger partial charge in [-0.05, 0) is 12.0 Å². The predicted molar refractivity (Wildman–Crippen MR) is 60.8 cm³/mol. The molecule has 5 heteroatoms. The number of nitriles is 1. The van der Waals surface area contributed by atoms with Gasteiger partial charge in [0.1, 0.15) is 0 Å². The molecule has 1 aromatic rings. The van der Waals surface area contributed by atoms with E-state index < -0.39 is 12.3 Å². The van der Waals surface area contributed by atoms with Crippen molar-refractivity contribution in [2.45, 2.75) is 31.5 Å². The second-order valence-corrected chi connectivity index (χ2v) is 3.85. The van der Waals surface area contributed by atoms with Crippen LogP contribution in [0.1, 0.15) is 18.4 Å². The van der Waals surface area contributed by atoms with Crippen molar-refractivity contribution in [2.75, 3.05) is 6.61 Å². The number of hydrogen-bond donors (Lipinski definition) is 0. The first-order chi connectivity index (χ1) is 8.54. The molecule has 0 aliphatic heterocycles. The van der Waals surface area contributed by atoms with Gasteiger partial charge in [0, 0.05) is 19.4 Å². The van der Waals surface area contributed by atoms with Crippen LogP contribution in [0.25, 0.3) is 0 Å². The van der Waals surface area contributed by atoms with Crippen LogP contribution in [0, 0.1) is 11.3 Å². The number of nitrogens with zero attached hydrogens (tertiary/aromatic N) is 1. The summed E-state index contributed by atoms with van der Waals surface area (Å²) in [7, 11) is 0. The van der Waals surface area contributed by atoms with Gasteiger partial charge in [0.15, 0.2) is 6.10 Å². The highest BCUT2D eigenvalue weighted by molar-refractivity contribution is 5.15. The maximum absolute atomic E-state index is 12.7. The fraction of sp³-hybridized carbons (Fsp3) is 0.462. The molecule has 1 atom stereocenters. The number of benzene rings is 1. The van der Waals surface area contributed by atoms with Crippen LogP contribution in [0.2, 0.25) is 0 Å². The van der Waals surface area contributed by atoms with Crippen LogP contribution < -0.4 is 0 Å². The van der Waals surface area contributed by atoms with Crippen LogP contribution in [0.5, 0.6) is 0 Å². The quantitative estimate of drug-likeness (QED) is 0.731. The van der Waals surface area contributed by atoms with Crippen molar-refractivity contribution in [1.82, 2.24) is 0 Å². The zero-order valence-corrected chi connectivity index (χ0v) is 9.78. The van der Waals surface area contributed by atoms with Gasteiger partial charge in [-0.25, -0.2) is 0 Å². The molecule has 0 aliphatic carbocycles. The predicted octanol–water partition coefficient (Wildman–Crippen LogP) is 3.48. The summed E-state index contributed by atoms with van der Waals surface area (Å²) in [5.41, 5.74) is 0.583. The van der Waals surface area contributed by atoms with Crippen molar-refractivity contribution in [3.8, 4) is 6.07 Å². The van der Waals surface area contributed by atoms with Crippen molar-refractivity contribution in [3.05, 3.63) is 35.9 Å². The lowest BCUT2D eigenvalue weighted by Crippen LogP contribution is -2.34. The standard InChI is InChI=1S/C13H14F3NO/c14-13(15,16)12(18-9-5-4-8-17)10-11-6-2-1-3-7-11/h1-3,6-7,12H,4-5,9-10H2. The molecule has 0 amide bonds. The molecule has 0 bridgehead atoms. The Bertz CT molecular complexity index is 383. The van der Waals surface area contributed by atoms with Crippen molar-refractivity contribution < 1.29 is 17.9 Å². The molecular formula is C13H14F3NO. The van der Waals surface area contributed by atoms with Crippen molar-refractivity contribution in [3.63, 3.8) is 0 Å². The molecule has 0 fully saturated rings. The summed E-state index contributed by atoms with van der Waals surface area (Å²) in [5.74, 6) is 0. The Hall–Kier alpha value is -1.54. The van der Waals surface area contributed by atoms with Gasteiger partial charge in [-0.2, -0.15) is 18.4 Å².